The number of piperidine rings is 1. The number of pyridine rings is 1. The third-order valence-corrected chi connectivity index (χ3v) is 5.14. The first kappa shape index (κ1) is 17.7. The van der Waals surface area contributed by atoms with Crippen LogP contribution in [0.2, 0.25) is 0 Å². The van der Waals surface area contributed by atoms with Crippen LogP contribution in [-0.2, 0) is 16.1 Å². The molecule has 0 aromatic carbocycles. The summed E-state index contributed by atoms with van der Waals surface area (Å²) in [6.45, 7) is 0.992. The topological polar surface area (TPSA) is 97.2 Å². The van der Waals surface area contributed by atoms with Crippen molar-refractivity contribution in [3.63, 3.8) is 0 Å². The van der Waals surface area contributed by atoms with Gasteiger partial charge in [0.05, 0.1) is 0 Å². The van der Waals surface area contributed by atoms with Crippen molar-refractivity contribution in [2.75, 3.05) is 18.4 Å². The highest BCUT2D eigenvalue weighted by Crippen LogP contribution is 2.20. The fourth-order valence-electron chi connectivity index (χ4n) is 2.70. The summed E-state index contributed by atoms with van der Waals surface area (Å²) in [6, 6.07) is 3.06. The molecule has 0 atom stereocenters. The number of hydrogen-bond acceptors (Lipinski definition) is 6. The van der Waals surface area contributed by atoms with Crippen molar-refractivity contribution in [3.05, 3.63) is 38.7 Å². The van der Waals surface area contributed by atoms with E-state index < -0.39 is 0 Å². The van der Waals surface area contributed by atoms with Crippen molar-refractivity contribution in [2.45, 2.75) is 19.4 Å². The molecule has 2 amide bonds. The van der Waals surface area contributed by atoms with Crippen molar-refractivity contribution in [1.29, 1.82) is 0 Å². The first-order valence-corrected chi connectivity index (χ1v) is 9.41. The molecule has 10 heteroatoms. The minimum Gasteiger partial charge on any atom is -0.341 e. The molecule has 8 nitrogen and oxygen atoms in total. The van der Waals surface area contributed by atoms with Crippen molar-refractivity contribution in [1.82, 2.24) is 19.7 Å². The Labute approximate surface area is 156 Å². The molecule has 1 aliphatic heterocycles. The van der Waals surface area contributed by atoms with Gasteiger partial charge in [0, 0.05) is 35.7 Å². The third kappa shape index (κ3) is 4.51. The normalized spacial score (nSPS) is 15.2. The molecule has 2 aromatic heterocycles. The Morgan fingerprint density at radius 3 is 2.76 bits per heavy atom. The molecule has 0 bridgehead atoms. The number of halogens is 1. The van der Waals surface area contributed by atoms with E-state index in [4.69, 9.17) is 0 Å². The smallest absolute Gasteiger partial charge is 0.251 e. The summed E-state index contributed by atoms with van der Waals surface area (Å²) in [4.78, 5) is 38.1. The minimum absolute atomic E-state index is 0.0000782. The molecule has 0 radical (unpaired) electrons. The third-order valence-electron chi connectivity index (χ3n) is 4.06. The monoisotopic (exact) mass is 425 g/mol. The van der Waals surface area contributed by atoms with Crippen LogP contribution in [0.5, 0.6) is 0 Å². The van der Waals surface area contributed by atoms with Crippen LogP contribution in [-0.4, -0.2) is 44.6 Å². The summed E-state index contributed by atoms with van der Waals surface area (Å²) in [7, 11) is 0. The molecule has 1 aliphatic rings. The molecule has 25 heavy (non-hydrogen) atoms. The number of carbonyl (C=O) groups is 2. The highest BCUT2D eigenvalue weighted by atomic mass is 79.9. The summed E-state index contributed by atoms with van der Waals surface area (Å²) in [5, 5.41) is 10.7. The second kappa shape index (κ2) is 7.87. The molecule has 3 heterocycles. The summed E-state index contributed by atoms with van der Waals surface area (Å²) in [5.41, 5.74) is 1.34. The Morgan fingerprint density at radius 2 is 2.08 bits per heavy atom. The molecule has 1 fully saturated rings. The van der Waals surface area contributed by atoms with Gasteiger partial charge in [0.25, 0.3) is 5.56 Å². The highest BCUT2D eigenvalue weighted by molar-refractivity contribution is 9.10. The second-order valence-corrected chi connectivity index (χ2v) is 7.45. The molecular formula is C15H16BrN5O3S. The molecule has 0 saturated carbocycles. The van der Waals surface area contributed by atoms with Crippen LogP contribution in [0.4, 0.5) is 5.13 Å². The van der Waals surface area contributed by atoms with E-state index >= 15 is 0 Å². The molecule has 1 N–H and O–H groups in total. The first-order chi connectivity index (χ1) is 12.0. The van der Waals surface area contributed by atoms with E-state index in [9.17, 15) is 14.4 Å². The van der Waals surface area contributed by atoms with E-state index in [1.165, 1.54) is 22.0 Å². The van der Waals surface area contributed by atoms with Gasteiger partial charge in [-0.25, -0.2) is 0 Å². The second-order valence-electron chi connectivity index (χ2n) is 5.70. The molecule has 3 rings (SSSR count). The standard InChI is InChI=1S/C15H16BrN5O3S/c16-11-1-2-12(22)21(7-11)8-13(23)20-5-3-10(4-6-20)14(24)18-15-19-17-9-25-15/h1-2,7,9-10H,3-6,8H2,(H,18,19,24). The number of nitrogens with zero attached hydrogens (tertiary/aromatic N) is 4. The average Bonchev–Trinajstić information content (AvgIpc) is 3.11. The lowest BCUT2D eigenvalue weighted by molar-refractivity contribution is -0.135. The summed E-state index contributed by atoms with van der Waals surface area (Å²) >= 11 is 4.56. The number of aromatic nitrogens is 3. The first-order valence-electron chi connectivity index (χ1n) is 7.74. The zero-order valence-electron chi connectivity index (χ0n) is 13.2. The SMILES string of the molecule is O=C(Nc1nncs1)C1CCN(C(=O)Cn2cc(Br)ccc2=O)CC1. The number of anilines is 1. The molecule has 0 spiro atoms. The molecule has 0 unspecified atom stereocenters. The van der Waals surface area contributed by atoms with Gasteiger partial charge in [-0.3, -0.25) is 14.4 Å². The van der Waals surface area contributed by atoms with E-state index in [2.05, 4.69) is 31.4 Å². The van der Waals surface area contributed by atoms with Gasteiger partial charge in [0.15, 0.2) is 0 Å². The molecule has 1 saturated heterocycles. The van der Waals surface area contributed by atoms with E-state index in [0.29, 0.717) is 31.1 Å². The van der Waals surface area contributed by atoms with Gasteiger partial charge >= 0.3 is 0 Å². The maximum absolute atomic E-state index is 12.4. The number of carbonyl (C=O) groups excluding carboxylic acids is 2. The van der Waals surface area contributed by atoms with Crippen molar-refractivity contribution >= 4 is 44.2 Å². The number of nitrogens with one attached hydrogen (secondary N) is 1. The van der Waals surface area contributed by atoms with Gasteiger partial charge in [-0.05, 0) is 34.8 Å². The van der Waals surface area contributed by atoms with Crippen molar-refractivity contribution in [3.8, 4) is 0 Å². The van der Waals surface area contributed by atoms with Crippen LogP contribution in [0.3, 0.4) is 0 Å². The summed E-state index contributed by atoms with van der Waals surface area (Å²) < 4.78 is 2.12. The zero-order chi connectivity index (χ0) is 17.8. The Bertz CT molecular complexity index is 815. The zero-order valence-corrected chi connectivity index (χ0v) is 15.6. The number of rotatable bonds is 4. The fourth-order valence-corrected chi connectivity index (χ4v) is 3.52. The van der Waals surface area contributed by atoms with Crippen LogP contribution in [0.15, 0.2) is 33.1 Å². The van der Waals surface area contributed by atoms with Crippen LogP contribution >= 0.6 is 27.3 Å². The average molecular weight is 426 g/mol. The summed E-state index contributed by atoms with van der Waals surface area (Å²) in [5.74, 6) is -0.364. The maximum Gasteiger partial charge on any atom is 0.251 e. The molecule has 2 aromatic rings. The Balaban J connectivity index is 1.53. The minimum atomic E-state index is -0.220. The Kier molecular flexibility index (Phi) is 5.59. The van der Waals surface area contributed by atoms with E-state index in [-0.39, 0.29) is 29.8 Å². The fraction of sp³-hybridized carbons (Fsp3) is 0.400. The van der Waals surface area contributed by atoms with Crippen LogP contribution in [0, 0.1) is 5.92 Å². The Hall–Kier alpha value is -2.07. The van der Waals surface area contributed by atoms with E-state index in [1.54, 1.807) is 22.7 Å². The Morgan fingerprint density at radius 1 is 1.32 bits per heavy atom. The lowest BCUT2D eigenvalue weighted by Crippen LogP contribution is -2.43. The number of amides is 2. The quantitative estimate of drug-likeness (QED) is 0.796. The van der Waals surface area contributed by atoms with Gasteiger partial charge in [0.1, 0.15) is 12.1 Å². The van der Waals surface area contributed by atoms with Crippen LogP contribution < -0.4 is 10.9 Å². The van der Waals surface area contributed by atoms with Crippen LogP contribution in [0.1, 0.15) is 12.8 Å². The highest BCUT2D eigenvalue weighted by Gasteiger charge is 2.27. The van der Waals surface area contributed by atoms with Crippen molar-refractivity contribution < 1.29 is 9.59 Å². The van der Waals surface area contributed by atoms with Gasteiger partial charge in [-0.1, -0.05) is 11.3 Å². The molecule has 0 aliphatic carbocycles. The van der Waals surface area contributed by atoms with Gasteiger partial charge in [0.2, 0.25) is 16.9 Å². The molecular weight excluding hydrogens is 410 g/mol. The maximum atomic E-state index is 12.4. The van der Waals surface area contributed by atoms with Crippen molar-refractivity contribution in [2.24, 2.45) is 5.92 Å². The predicted octanol–water partition coefficient (Wildman–Crippen LogP) is 1.34. The number of hydrogen-bond donors (Lipinski definition) is 1. The largest absolute Gasteiger partial charge is 0.341 e. The van der Waals surface area contributed by atoms with E-state index in [0.717, 1.165) is 4.47 Å². The lowest BCUT2D eigenvalue weighted by atomic mass is 9.96. The lowest BCUT2D eigenvalue weighted by Gasteiger charge is -2.31. The number of likely N-dealkylation sites (tertiary alicyclic amines) is 1. The van der Waals surface area contributed by atoms with E-state index in [1.807, 2.05) is 0 Å². The molecule has 132 valence electrons. The van der Waals surface area contributed by atoms with Crippen LogP contribution in [0.25, 0.3) is 0 Å². The predicted molar refractivity (Wildman–Crippen MR) is 96.2 cm³/mol. The van der Waals surface area contributed by atoms with Gasteiger partial charge in [-0.2, -0.15) is 0 Å². The van der Waals surface area contributed by atoms with Gasteiger partial charge in [-0.15, -0.1) is 10.2 Å². The van der Waals surface area contributed by atoms with Gasteiger partial charge < -0.3 is 14.8 Å². The summed E-state index contributed by atoms with van der Waals surface area (Å²) in [6.07, 6.45) is 2.77.